The maximum atomic E-state index is 6.09. The molecule has 7 heteroatoms. The van der Waals surface area contributed by atoms with Gasteiger partial charge in [0.1, 0.15) is 0 Å². The number of rotatable bonds is 3. The standard InChI is InChI=1S/C11H11Cl2N5/c1-18(6-7-4-2-3-5-8(7)12)11-16-9(13)15-10(14)17-11/h2-5H,6H2,1H3,(H2,14,15,16,17). The van der Waals surface area contributed by atoms with Crippen LogP contribution < -0.4 is 10.6 Å². The Morgan fingerprint density at radius 2 is 1.89 bits per heavy atom. The lowest BCUT2D eigenvalue weighted by Crippen LogP contribution is -2.20. The summed E-state index contributed by atoms with van der Waals surface area (Å²) in [6.45, 7) is 0.555. The lowest BCUT2D eigenvalue weighted by Gasteiger charge is -2.17. The molecule has 1 aromatic heterocycles. The van der Waals surface area contributed by atoms with Crippen LogP contribution in [0.5, 0.6) is 0 Å². The number of aromatic nitrogens is 3. The van der Waals surface area contributed by atoms with Crippen molar-refractivity contribution in [2.24, 2.45) is 0 Å². The molecule has 0 saturated heterocycles. The molecule has 2 N–H and O–H groups in total. The zero-order valence-electron chi connectivity index (χ0n) is 9.64. The first-order valence-corrected chi connectivity index (χ1v) is 5.93. The van der Waals surface area contributed by atoms with Gasteiger partial charge in [-0.25, -0.2) is 0 Å². The van der Waals surface area contributed by atoms with Crippen LogP contribution >= 0.6 is 23.2 Å². The van der Waals surface area contributed by atoms with Crippen LogP contribution in [0.1, 0.15) is 5.56 Å². The molecule has 18 heavy (non-hydrogen) atoms. The molecule has 2 aromatic rings. The number of anilines is 2. The third-order valence-corrected chi connectivity index (χ3v) is 2.86. The predicted molar refractivity (Wildman–Crippen MR) is 72.8 cm³/mol. The minimum Gasteiger partial charge on any atom is -0.368 e. The van der Waals surface area contributed by atoms with Crippen molar-refractivity contribution in [2.75, 3.05) is 17.7 Å². The van der Waals surface area contributed by atoms with Crippen LogP contribution in [-0.2, 0) is 6.54 Å². The third-order valence-electron chi connectivity index (χ3n) is 2.32. The van der Waals surface area contributed by atoms with Crippen molar-refractivity contribution in [1.29, 1.82) is 0 Å². The van der Waals surface area contributed by atoms with Crippen LogP contribution in [0.2, 0.25) is 10.3 Å². The predicted octanol–water partition coefficient (Wildman–Crippen LogP) is 2.40. The molecule has 0 aliphatic carbocycles. The van der Waals surface area contributed by atoms with E-state index < -0.39 is 0 Å². The van der Waals surface area contributed by atoms with E-state index in [1.807, 2.05) is 31.3 Å². The Hall–Kier alpha value is -1.59. The normalized spacial score (nSPS) is 10.4. The average molecular weight is 284 g/mol. The largest absolute Gasteiger partial charge is 0.368 e. The molecule has 94 valence electrons. The maximum absolute atomic E-state index is 6.09. The Labute approximate surface area is 115 Å². The molecule has 0 amide bonds. The van der Waals surface area contributed by atoms with Crippen LogP contribution in [0, 0.1) is 0 Å². The molecule has 0 fully saturated rings. The van der Waals surface area contributed by atoms with Gasteiger partial charge in [0.05, 0.1) is 0 Å². The van der Waals surface area contributed by atoms with Gasteiger partial charge >= 0.3 is 0 Å². The Bertz CT molecular complexity index is 541. The zero-order valence-corrected chi connectivity index (χ0v) is 11.2. The number of halogens is 2. The number of nitrogens with two attached hydrogens (primary N) is 1. The van der Waals surface area contributed by atoms with E-state index in [4.69, 9.17) is 28.9 Å². The van der Waals surface area contributed by atoms with Gasteiger partial charge in [0, 0.05) is 18.6 Å². The van der Waals surface area contributed by atoms with Crippen molar-refractivity contribution in [3.8, 4) is 0 Å². The first-order valence-electron chi connectivity index (χ1n) is 5.18. The third kappa shape index (κ3) is 3.00. The molecular weight excluding hydrogens is 273 g/mol. The van der Waals surface area contributed by atoms with Gasteiger partial charge < -0.3 is 10.6 Å². The minimum atomic E-state index is 0.0727. The lowest BCUT2D eigenvalue weighted by atomic mass is 10.2. The van der Waals surface area contributed by atoms with E-state index in [0.717, 1.165) is 5.56 Å². The minimum absolute atomic E-state index is 0.0727. The van der Waals surface area contributed by atoms with Crippen LogP contribution in [0.3, 0.4) is 0 Å². The highest BCUT2D eigenvalue weighted by Gasteiger charge is 2.09. The zero-order chi connectivity index (χ0) is 13.1. The number of hydrogen-bond donors (Lipinski definition) is 1. The van der Waals surface area contributed by atoms with Crippen LogP contribution in [-0.4, -0.2) is 22.0 Å². The lowest BCUT2D eigenvalue weighted by molar-refractivity contribution is 0.856. The fraction of sp³-hybridized carbons (Fsp3) is 0.182. The van der Waals surface area contributed by atoms with Gasteiger partial charge in [-0.1, -0.05) is 29.8 Å². The Morgan fingerprint density at radius 1 is 1.17 bits per heavy atom. The Kier molecular flexibility index (Phi) is 3.84. The molecule has 0 bridgehead atoms. The number of nitrogens with zero attached hydrogens (tertiary/aromatic N) is 4. The molecule has 0 unspecified atom stereocenters. The maximum Gasteiger partial charge on any atom is 0.231 e. The molecule has 0 spiro atoms. The highest BCUT2D eigenvalue weighted by Crippen LogP contribution is 2.19. The van der Waals surface area contributed by atoms with E-state index in [1.54, 1.807) is 4.90 Å². The SMILES string of the molecule is CN(Cc1ccccc1Cl)c1nc(N)nc(Cl)n1. The van der Waals surface area contributed by atoms with E-state index in [9.17, 15) is 0 Å². The van der Waals surface area contributed by atoms with E-state index in [1.165, 1.54) is 0 Å². The summed E-state index contributed by atoms with van der Waals surface area (Å²) in [7, 11) is 1.83. The topological polar surface area (TPSA) is 67.9 Å². The van der Waals surface area contributed by atoms with Gasteiger partial charge in [0.15, 0.2) is 0 Å². The second-order valence-electron chi connectivity index (χ2n) is 3.71. The van der Waals surface area contributed by atoms with Crippen LogP contribution in [0.15, 0.2) is 24.3 Å². The molecule has 0 saturated carbocycles. The highest BCUT2D eigenvalue weighted by molar-refractivity contribution is 6.31. The highest BCUT2D eigenvalue weighted by atomic mass is 35.5. The summed E-state index contributed by atoms with van der Waals surface area (Å²) in [5, 5.41) is 0.765. The quantitative estimate of drug-likeness (QED) is 0.937. The first-order chi connectivity index (χ1) is 8.56. The number of benzene rings is 1. The van der Waals surface area contributed by atoms with Crippen LogP contribution in [0.25, 0.3) is 0 Å². The Balaban J connectivity index is 2.22. The van der Waals surface area contributed by atoms with Gasteiger partial charge in [0.25, 0.3) is 0 Å². The van der Waals surface area contributed by atoms with E-state index in [-0.39, 0.29) is 11.2 Å². The summed E-state index contributed by atoms with van der Waals surface area (Å²) in [4.78, 5) is 13.5. The summed E-state index contributed by atoms with van der Waals surface area (Å²) in [5.74, 6) is 0.503. The summed E-state index contributed by atoms with van der Waals surface area (Å²) in [6.07, 6.45) is 0. The number of nitrogen functional groups attached to an aromatic ring is 1. The van der Waals surface area contributed by atoms with Crippen molar-refractivity contribution in [2.45, 2.75) is 6.54 Å². The van der Waals surface area contributed by atoms with Crippen molar-refractivity contribution < 1.29 is 0 Å². The number of hydrogen-bond acceptors (Lipinski definition) is 5. The molecular formula is C11H11Cl2N5. The smallest absolute Gasteiger partial charge is 0.231 e. The molecule has 0 aliphatic rings. The van der Waals surface area contributed by atoms with Gasteiger partial charge in [-0.2, -0.15) is 15.0 Å². The van der Waals surface area contributed by atoms with Gasteiger partial charge in [0.2, 0.25) is 17.2 Å². The first kappa shape index (κ1) is 12.9. The molecule has 0 atom stereocenters. The fourth-order valence-electron chi connectivity index (χ4n) is 1.48. The van der Waals surface area contributed by atoms with E-state index >= 15 is 0 Å². The molecule has 0 aliphatic heterocycles. The second kappa shape index (κ2) is 5.37. The summed E-state index contributed by atoms with van der Waals surface area (Å²) >= 11 is 11.8. The van der Waals surface area contributed by atoms with Crippen LogP contribution in [0.4, 0.5) is 11.9 Å². The van der Waals surface area contributed by atoms with Crippen molar-refractivity contribution in [1.82, 2.24) is 15.0 Å². The Morgan fingerprint density at radius 3 is 2.56 bits per heavy atom. The fourth-order valence-corrected chi connectivity index (χ4v) is 1.84. The average Bonchev–Trinajstić information content (AvgIpc) is 2.31. The summed E-state index contributed by atoms with van der Waals surface area (Å²) in [5.41, 5.74) is 6.49. The molecule has 0 radical (unpaired) electrons. The molecule has 2 rings (SSSR count). The van der Waals surface area contributed by atoms with Gasteiger partial charge in [-0.3, -0.25) is 0 Å². The molecule has 1 aromatic carbocycles. The van der Waals surface area contributed by atoms with E-state index in [0.29, 0.717) is 17.5 Å². The summed E-state index contributed by atoms with van der Waals surface area (Å²) < 4.78 is 0. The van der Waals surface area contributed by atoms with Crippen molar-refractivity contribution in [3.63, 3.8) is 0 Å². The van der Waals surface area contributed by atoms with Crippen molar-refractivity contribution in [3.05, 3.63) is 40.1 Å². The van der Waals surface area contributed by atoms with Gasteiger partial charge in [-0.05, 0) is 23.2 Å². The second-order valence-corrected chi connectivity index (χ2v) is 4.46. The summed E-state index contributed by atoms with van der Waals surface area (Å²) in [6, 6.07) is 7.57. The van der Waals surface area contributed by atoms with E-state index in [2.05, 4.69) is 15.0 Å². The van der Waals surface area contributed by atoms with Gasteiger partial charge in [-0.15, -0.1) is 0 Å². The monoisotopic (exact) mass is 283 g/mol. The van der Waals surface area contributed by atoms with Crippen molar-refractivity contribution >= 4 is 35.1 Å². The molecule has 1 heterocycles. The molecule has 5 nitrogen and oxygen atoms in total.